The van der Waals surface area contributed by atoms with Gasteiger partial charge in [-0.25, -0.2) is 0 Å². The van der Waals surface area contributed by atoms with Crippen LogP contribution in [0.4, 0.5) is 0 Å². The Hall–Kier alpha value is 0.0969. The zero-order valence-electron chi connectivity index (χ0n) is 7.85. The molecule has 2 unspecified atom stereocenters. The van der Waals surface area contributed by atoms with E-state index in [0.29, 0.717) is 5.67 Å². The van der Waals surface area contributed by atoms with Crippen LogP contribution in [-0.2, 0) is 4.43 Å². The monoisotopic (exact) mass is 174 g/mol. The molecule has 0 saturated carbocycles. The van der Waals surface area contributed by atoms with Gasteiger partial charge in [-0.1, -0.05) is 0 Å². The maximum absolute atomic E-state index is 5.58. The highest BCUT2D eigenvalue weighted by atomic mass is 28.4. The predicted octanol–water partition coefficient (Wildman–Crippen LogP) is 0.167. The molecule has 1 heterocycles. The molecule has 3 nitrogen and oxygen atoms in total. The van der Waals surface area contributed by atoms with Crippen LogP contribution in [0.2, 0.25) is 6.04 Å². The van der Waals surface area contributed by atoms with Gasteiger partial charge in [-0.2, -0.15) is 0 Å². The van der Waals surface area contributed by atoms with Gasteiger partial charge in [0, 0.05) is 12.8 Å². The molecule has 0 aliphatic carbocycles. The van der Waals surface area contributed by atoms with Crippen LogP contribution in [0.3, 0.4) is 0 Å². The fraction of sp³-hybridized carbons (Fsp3) is 1.00. The number of nitrogens with zero attached hydrogens (tertiary/aromatic N) is 1. The zero-order valence-corrected chi connectivity index (χ0v) is 8.85. The van der Waals surface area contributed by atoms with Gasteiger partial charge in [0.05, 0.1) is 0 Å². The second-order valence-electron chi connectivity index (χ2n) is 3.36. The molecule has 1 aliphatic heterocycles. The first-order chi connectivity index (χ1) is 5.16. The lowest BCUT2D eigenvalue weighted by Gasteiger charge is -2.48. The molecule has 0 aromatic carbocycles. The summed E-state index contributed by atoms with van der Waals surface area (Å²) in [4.78, 5) is 5.64. The minimum Gasteiger partial charge on any atom is -0.405 e. The number of nitrogens with one attached hydrogen (secondary N) is 1. The molecule has 0 bridgehead atoms. The highest BCUT2D eigenvalue weighted by molar-refractivity contribution is 6.75. The minimum absolute atomic E-state index is 0.664. The van der Waals surface area contributed by atoms with Crippen molar-refractivity contribution in [3.8, 4) is 0 Å². The standard InChI is InChI=1S/C7H18N2OSi/c1-8-11(10-4)6-5-7(11)9(2)3/h7-8H,5-6H2,1-4H3. The maximum Gasteiger partial charge on any atom is 0.285 e. The van der Waals surface area contributed by atoms with Crippen LogP contribution >= 0.6 is 0 Å². The number of hydrogen-bond acceptors (Lipinski definition) is 3. The average molecular weight is 174 g/mol. The highest BCUT2D eigenvalue weighted by Crippen LogP contribution is 2.32. The lowest BCUT2D eigenvalue weighted by molar-refractivity contribution is 0.242. The Labute approximate surface area is 69.9 Å². The van der Waals surface area contributed by atoms with E-state index in [4.69, 9.17) is 4.43 Å². The van der Waals surface area contributed by atoms with Crippen LogP contribution in [0.5, 0.6) is 0 Å². The molecule has 0 amide bonds. The normalized spacial score (nSPS) is 37.4. The van der Waals surface area contributed by atoms with Crippen molar-refractivity contribution in [1.82, 2.24) is 9.88 Å². The van der Waals surface area contributed by atoms with E-state index in [2.05, 4.69) is 24.0 Å². The quantitative estimate of drug-likeness (QED) is 0.617. The fourth-order valence-corrected chi connectivity index (χ4v) is 5.01. The van der Waals surface area contributed by atoms with Gasteiger partial charge >= 0.3 is 0 Å². The molecule has 0 radical (unpaired) electrons. The lowest BCUT2D eigenvalue weighted by Crippen LogP contribution is -2.71. The molecule has 0 aromatic rings. The van der Waals surface area contributed by atoms with Crippen LogP contribution in [0.15, 0.2) is 0 Å². The van der Waals surface area contributed by atoms with Crippen LogP contribution in [0.1, 0.15) is 6.42 Å². The van der Waals surface area contributed by atoms with Gasteiger partial charge < -0.3 is 14.3 Å². The summed E-state index contributed by atoms with van der Waals surface area (Å²) in [6.07, 6.45) is 1.29. The third-order valence-electron chi connectivity index (χ3n) is 2.74. The van der Waals surface area contributed by atoms with Crippen LogP contribution in [0.25, 0.3) is 0 Å². The van der Waals surface area contributed by atoms with Gasteiger partial charge in [0.2, 0.25) is 0 Å². The largest absolute Gasteiger partial charge is 0.405 e. The minimum atomic E-state index is -1.51. The second-order valence-corrected chi connectivity index (χ2v) is 7.22. The smallest absolute Gasteiger partial charge is 0.285 e. The summed E-state index contributed by atoms with van der Waals surface area (Å²) in [5, 5.41) is 0. The highest BCUT2D eigenvalue weighted by Gasteiger charge is 2.51. The van der Waals surface area contributed by atoms with Crippen molar-refractivity contribution < 1.29 is 4.43 Å². The SMILES string of the molecule is CN[Si]1(OC)CCC1N(C)C. The van der Waals surface area contributed by atoms with Crippen LogP contribution in [0, 0.1) is 0 Å². The van der Waals surface area contributed by atoms with Gasteiger partial charge in [0.15, 0.2) is 0 Å². The Balaban J connectivity index is 2.56. The van der Waals surface area contributed by atoms with Crippen molar-refractivity contribution in [2.45, 2.75) is 18.1 Å². The molecule has 0 aromatic heterocycles. The van der Waals surface area contributed by atoms with E-state index in [9.17, 15) is 0 Å². The molecule has 1 saturated heterocycles. The van der Waals surface area contributed by atoms with E-state index < -0.39 is 8.48 Å². The topological polar surface area (TPSA) is 24.5 Å². The van der Waals surface area contributed by atoms with E-state index in [-0.39, 0.29) is 0 Å². The third kappa shape index (κ3) is 1.36. The molecule has 2 atom stereocenters. The van der Waals surface area contributed by atoms with Gasteiger partial charge in [-0.3, -0.25) is 0 Å². The van der Waals surface area contributed by atoms with E-state index >= 15 is 0 Å². The second kappa shape index (κ2) is 3.22. The lowest BCUT2D eigenvalue weighted by atomic mass is 10.4. The first kappa shape index (κ1) is 9.19. The molecule has 1 fully saturated rings. The molecule has 4 heteroatoms. The number of rotatable bonds is 3. The Bertz CT molecular complexity index is 131. The molecule has 1 N–H and O–H groups in total. The molecule has 1 rings (SSSR count). The van der Waals surface area contributed by atoms with Gasteiger partial charge in [0.1, 0.15) is 0 Å². The Kier molecular flexibility index (Phi) is 2.69. The first-order valence-corrected chi connectivity index (χ1v) is 6.26. The van der Waals surface area contributed by atoms with E-state index in [1.54, 1.807) is 0 Å². The van der Waals surface area contributed by atoms with Crippen LogP contribution in [-0.4, -0.2) is 47.3 Å². The van der Waals surface area contributed by atoms with Crippen molar-refractivity contribution in [2.75, 3.05) is 28.3 Å². The Morgan fingerprint density at radius 1 is 1.55 bits per heavy atom. The summed E-state index contributed by atoms with van der Waals surface area (Å²) in [6, 6.07) is 1.25. The summed E-state index contributed by atoms with van der Waals surface area (Å²) >= 11 is 0. The molecule has 11 heavy (non-hydrogen) atoms. The molecular weight excluding hydrogens is 156 g/mol. The zero-order chi connectivity index (χ0) is 8.48. The van der Waals surface area contributed by atoms with Crippen molar-refractivity contribution in [2.24, 2.45) is 0 Å². The summed E-state index contributed by atoms with van der Waals surface area (Å²) in [5.41, 5.74) is 0.664. The molecule has 66 valence electrons. The summed E-state index contributed by atoms with van der Waals surface area (Å²) in [6.45, 7) is 0. The van der Waals surface area contributed by atoms with Crippen LogP contribution < -0.4 is 4.98 Å². The molecule has 1 aliphatic rings. The number of hydrogen-bond donors (Lipinski definition) is 1. The maximum atomic E-state index is 5.58. The van der Waals surface area contributed by atoms with Crippen molar-refractivity contribution in [3.63, 3.8) is 0 Å². The average Bonchev–Trinajstić information content (AvgIpc) is 1.87. The van der Waals surface area contributed by atoms with E-state index in [0.717, 1.165) is 0 Å². The van der Waals surface area contributed by atoms with Crippen molar-refractivity contribution in [3.05, 3.63) is 0 Å². The van der Waals surface area contributed by atoms with E-state index in [1.165, 1.54) is 12.5 Å². The first-order valence-electron chi connectivity index (χ1n) is 4.07. The fourth-order valence-electron chi connectivity index (χ4n) is 1.84. The van der Waals surface area contributed by atoms with E-state index in [1.807, 2.05) is 14.2 Å². The molecule has 0 spiro atoms. The Morgan fingerprint density at radius 3 is 2.27 bits per heavy atom. The van der Waals surface area contributed by atoms with Crippen molar-refractivity contribution >= 4 is 8.48 Å². The van der Waals surface area contributed by atoms with Gasteiger partial charge in [0.25, 0.3) is 8.48 Å². The summed E-state index contributed by atoms with van der Waals surface area (Å²) < 4.78 is 5.58. The summed E-state index contributed by atoms with van der Waals surface area (Å²) in [5.74, 6) is 0. The van der Waals surface area contributed by atoms with Gasteiger partial charge in [-0.15, -0.1) is 0 Å². The third-order valence-corrected chi connectivity index (χ3v) is 7.23. The van der Waals surface area contributed by atoms with Crippen molar-refractivity contribution in [1.29, 1.82) is 0 Å². The Morgan fingerprint density at radius 2 is 2.18 bits per heavy atom. The summed E-state index contributed by atoms with van der Waals surface area (Å²) in [7, 11) is 6.60. The molecular formula is C7H18N2OSi. The van der Waals surface area contributed by atoms with Gasteiger partial charge in [-0.05, 0) is 33.6 Å². The predicted molar refractivity (Wildman–Crippen MR) is 48.7 cm³/mol.